The predicted molar refractivity (Wildman–Crippen MR) is 72.0 cm³/mol. The first-order valence-electron chi connectivity index (χ1n) is 6.89. The Hall–Kier alpha value is -0.890. The van der Waals surface area contributed by atoms with Crippen LogP contribution in [0.4, 0.5) is 0 Å². The Labute approximate surface area is 105 Å². The minimum atomic E-state index is 0.704. The van der Waals surface area contributed by atoms with E-state index in [1.54, 1.807) is 0 Å². The summed E-state index contributed by atoms with van der Waals surface area (Å²) in [6.07, 6.45) is 9.36. The van der Waals surface area contributed by atoms with Crippen molar-refractivity contribution in [3.8, 4) is 0 Å². The summed E-state index contributed by atoms with van der Waals surface area (Å²) >= 11 is 0. The Kier molecular flexibility index (Phi) is 4.55. The number of pyridine rings is 1. The Bertz CT molecular complexity index is 323. The highest BCUT2D eigenvalue weighted by Gasteiger charge is 2.30. The number of rotatable bonds is 4. The van der Waals surface area contributed by atoms with Gasteiger partial charge in [-0.15, -0.1) is 0 Å². The summed E-state index contributed by atoms with van der Waals surface area (Å²) in [6.45, 7) is 3.46. The minimum absolute atomic E-state index is 0.704. The van der Waals surface area contributed by atoms with Crippen LogP contribution in [-0.2, 0) is 0 Å². The zero-order valence-electron chi connectivity index (χ0n) is 11.0. The van der Waals surface area contributed by atoms with Crippen LogP contribution in [0.3, 0.4) is 0 Å². The van der Waals surface area contributed by atoms with Crippen molar-refractivity contribution in [3.63, 3.8) is 0 Å². The van der Waals surface area contributed by atoms with E-state index < -0.39 is 0 Å². The molecule has 0 radical (unpaired) electrons. The lowest BCUT2D eigenvalue weighted by Gasteiger charge is -2.36. The van der Waals surface area contributed by atoms with E-state index in [9.17, 15) is 0 Å². The molecule has 1 aliphatic carbocycles. The fourth-order valence-corrected chi connectivity index (χ4v) is 3.20. The highest BCUT2D eigenvalue weighted by Crippen LogP contribution is 2.41. The number of nitrogens with one attached hydrogen (secondary N) is 1. The molecule has 1 fully saturated rings. The molecule has 1 aliphatic rings. The molecule has 0 aromatic carbocycles. The average molecular weight is 232 g/mol. The Balaban J connectivity index is 2.13. The number of aromatic nitrogens is 1. The summed E-state index contributed by atoms with van der Waals surface area (Å²) in [4.78, 5) is 4.28. The second-order valence-electron chi connectivity index (χ2n) is 5.30. The lowest BCUT2D eigenvalue weighted by atomic mass is 9.70. The van der Waals surface area contributed by atoms with E-state index >= 15 is 0 Å². The molecule has 0 bridgehead atoms. The van der Waals surface area contributed by atoms with Gasteiger partial charge in [0.15, 0.2) is 0 Å². The van der Waals surface area contributed by atoms with Gasteiger partial charge in [-0.3, -0.25) is 4.98 Å². The number of nitrogens with zero attached hydrogens (tertiary/aromatic N) is 1. The summed E-state index contributed by atoms with van der Waals surface area (Å²) in [5, 5.41) is 3.35. The third-order valence-corrected chi connectivity index (χ3v) is 4.26. The fraction of sp³-hybridized carbons (Fsp3) is 0.667. The molecule has 1 aromatic rings. The van der Waals surface area contributed by atoms with Gasteiger partial charge in [-0.05, 0) is 55.8 Å². The van der Waals surface area contributed by atoms with Crippen molar-refractivity contribution >= 4 is 0 Å². The zero-order valence-corrected chi connectivity index (χ0v) is 11.0. The molecule has 1 aromatic heterocycles. The molecule has 0 saturated heterocycles. The van der Waals surface area contributed by atoms with E-state index in [1.165, 1.54) is 31.2 Å². The minimum Gasteiger partial charge on any atom is -0.319 e. The molecule has 0 aliphatic heterocycles. The van der Waals surface area contributed by atoms with Gasteiger partial charge >= 0.3 is 0 Å². The lowest BCUT2D eigenvalue weighted by Crippen LogP contribution is -2.30. The molecule has 2 heteroatoms. The number of hydrogen-bond donors (Lipinski definition) is 1. The fourth-order valence-electron chi connectivity index (χ4n) is 3.20. The first-order chi connectivity index (χ1) is 8.35. The Morgan fingerprint density at radius 1 is 1.41 bits per heavy atom. The smallest absolute Gasteiger partial charge is 0.0302 e. The second kappa shape index (κ2) is 6.15. The van der Waals surface area contributed by atoms with Gasteiger partial charge in [0.1, 0.15) is 0 Å². The molecule has 0 spiro atoms. The highest BCUT2D eigenvalue weighted by molar-refractivity contribution is 5.17. The van der Waals surface area contributed by atoms with Crippen LogP contribution in [0.1, 0.15) is 44.1 Å². The maximum atomic E-state index is 4.28. The van der Waals surface area contributed by atoms with Gasteiger partial charge in [-0.25, -0.2) is 0 Å². The summed E-state index contributed by atoms with van der Waals surface area (Å²) in [7, 11) is 2.06. The molecule has 3 atom stereocenters. The molecule has 1 heterocycles. The average Bonchev–Trinajstić information content (AvgIpc) is 2.40. The van der Waals surface area contributed by atoms with Crippen molar-refractivity contribution in [2.24, 2.45) is 11.8 Å². The molecule has 1 saturated carbocycles. The molecular formula is C15H24N2. The third-order valence-electron chi connectivity index (χ3n) is 4.26. The van der Waals surface area contributed by atoms with Gasteiger partial charge in [-0.2, -0.15) is 0 Å². The van der Waals surface area contributed by atoms with Crippen molar-refractivity contribution in [1.29, 1.82) is 0 Å². The van der Waals surface area contributed by atoms with E-state index in [0.717, 1.165) is 18.4 Å². The summed E-state index contributed by atoms with van der Waals surface area (Å²) in [5.74, 6) is 2.40. The van der Waals surface area contributed by atoms with Crippen LogP contribution in [0, 0.1) is 11.8 Å². The van der Waals surface area contributed by atoms with Crippen LogP contribution < -0.4 is 5.32 Å². The van der Waals surface area contributed by atoms with Gasteiger partial charge in [0.05, 0.1) is 0 Å². The van der Waals surface area contributed by atoms with Crippen LogP contribution in [0.25, 0.3) is 0 Å². The van der Waals surface area contributed by atoms with E-state index in [1.807, 2.05) is 6.20 Å². The Morgan fingerprint density at radius 3 is 2.94 bits per heavy atom. The topological polar surface area (TPSA) is 24.9 Å². The summed E-state index contributed by atoms with van der Waals surface area (Å²) < 4.78 is 0. The summed E-state index contributed by atoms with van der Waals surface area (Å²) in [5.41, 5.74) is 1.44. The van der Waals surface area contributed by atoms with Crippen LogP contribution in [0.15, 0.2) is 24.5 Å². The molecule has 94 valence electrons. The van der Waals surface area contributed by atoms with Crippen molar-refractivity contribution in [2.45, 2.75) is 38.5 Å². The van der Waals surface area contributed by atoms with Crippen molar-refractivity contribution in [3.05, 3.63) is 30.1 Å². The predicted octanol–water partition coefficient (Wildman–Crippen LogP) is 3.21. The monoisotopic (exact) mass is 232 g/mol. The molecule has 17 heavy (non-hydrogen) atoms. The van der Waals surface area contributed by atoms with Gasteiger partial charge in [-0.1, -0.05) is 25.8 Å². The van der Waals surface area contributed by atoms with Gasteiger partial charge in [0.2, 0.25) is 0 Å². The van der Waals surface area contributed by atoms with Gasteiger partial charge in [0, 0.05) is 12.4 Å². The summed E-state index contributed by atoms with van der Waals surface area (Å²) in [6, 6.07) is 4.32. The lowest BCUT2D eigenvalue weighted by molar-refractivity contribution is 0.228. The number of hydrogen-bond acceptors (Lipinski definition) is 2. The van der Waals surface area contributed by atoms with E-state index in [0.29, 0.717) is 5.92 Å². The van der Waals surface area contributed by atoms with Crippen molar-refractivity contribution < 1.29 is 0 Å². The standard InChI is InChI=1S/C15H24N2/c1-3-12-6-7-14(10-16-2)15(9-12)13-5-4-8-17-11-13/h4-5,8,11-12,14-16H,3,6-7,9-10H2,1-2H3. The quantitative estimate of drug-likeness (QED) is 0.862. The van der Waals surface area contributed by atoms with E-state index in [4.69, 9.17) is 0 Å². The van der Waals surface area contributed by atoms with Gasteiger partial charge < -0.3 is 5.32 Å². The molecule has 2 nitrogen and oxygen atoms in total. The molecule has 3 unspecified atom stereocenters. The second-order valence-corrected chi connectivity index (χ2v) is 5.30. The first kappa shape index (κ1) is 12.6. The molecule has 1 N–H and O–H groups in total. The molecular weight excluding hydrogens is 208 g/mol. The third kappa shape index (κ3) is 3.06. The van der Waals surface area contributed by atoms with Crippen LogP contribution in [0.5, 0.6) is 0 Å². The van der Waals surface area contributed by atoms with Crippen molar-refractivity contribution in [1.82, 2.24) is 10.3 Å². The highest BCUT2D eigenvalue weighted by atomic mass is 14.8. The SMILES string of the molecule is CCC1CCC(CNC)C(c2cccnc2)C1. The van der Waals surface area contributed by atoms with Gasteiger partial charge in [0.25, 0.3) is 0 Å². The van der Waals surface area contributed by atoms with Crippen LogP contribution >= 0.6 is 0 Å². The molecule has 2 rings (SSSR count). The first-order valence-corrected chi connectivity index (χ1v) is 6.89. The maximum Gasteiger partial charge on any atom is 0.0302 e. The normalized spacial score (nSPS) is 29.2. The molecule has 0 amide bonds. The Morgan fingerprint density at radius 2 is 2.29 bits per heavy atom. The maximum absolute atomic E-state index is 4.28. The van der Waals surface area contributed by atoms with Crippen molar-refractivity contribution in [2.75, 3.05) is 13.6 Å². The van der Waals surface area contributed by atoms with Crippen LogP contribution in [-0.4, -0.2) is 18.6 Å². The van der Waals surface area contributed by atoms with E-state index in [-0.39, 0.29) is 0 Å². The zero-order chi connectivity index (χ0) is 12.1. The van der Waals surface area contributed by atoms with E-state index in [2.05, 4.69) is 42.6 Å². The largest absolute Gasteiger partial charge is 0.319 e. The van der Waals surface area contributed by atoms with Crippen LogP contribution in [0.2, 0.25) is 0 Å².